The number of aliphatic hydroxyl groups excluding tert-OH is 1. The Morgan fingerprint density at radius 2 is 2.12 bits per heavy atom. The van der Waals surface area contributed by atoms with Crippen LogP contribution in [0.1, 0.15) is 29.1 Å². The number of aliphatic hydroxyl groups is 1. The molecule has 0 spiro atoms. The van der Waals surface area contributed by atoms with E-state index in [-0.39, 0.29) is 24.3 Å². The standard InChI is InChI=1S/C18H22N2O3S/c1-13-2-4-15(5-3-13)23-9-17-20-14(10-24-17)8-16(22)19-11-18(12-21)6-7-18/h2-5,10,21H,6-9,11-12H2,1H3,(H,19,22). The van der Waals surface area contributed by atoms with E-state index in [2.05, 4.69) is 10.3 Å². The molecule has 2 aromatic rings. The first-order valence-electron chi connectivity index (χ1n) is 8.09. The molecule has 0 radical (unpaired) electrons. The first kappa shape index (κ1) is 16.9. The second kappa shape index (κ2) is 7.32. The second-order valence-corrected chi connectivity index (χ2v) is 7.39. The summed E-state index contributed by atoms with van der Waals surface area (Å²) in [5.74, 6) is 0.764. The molecule has 5 nitrogen and oxygen atoms in total. The molecule has 1 fully saturated rings. The maximum Gasteiger partial charge on any atom is 0.226 e. The third-order valence-corrected chi connectivity index (χ3v) is 5.15. The number of ether oxygens (including phenoxy) is 1. The monoisotopic (exact) mass is 346 g/mol. The van der Waals surface area contributed by atoms with Crippen LogP contribution in [0.15, 0.2) is 29.6 Å². The van der Waals surface area contributed by atoms with Crippen molar-refractivity contribution in [1.29, 1.82) is 0 Å². The molecule has 1 aromatic heterocycles. The molecular weight excluding hydrogens is 324 g/mol. The Bertz CT molecular complexity index is 693. The van der Waals surface area contributed by atoms with Crippen molar-refractivity contribution in [3.8, 4) is 5.75 Å². The molecule has 0 bridgehead atoms. The molecule has 1 heterocycles. The molecule has 0 saturated heterocycles. The summed E-state index contributed by atoms with van der Waals surface area (Å²) in [6.07, 6.45) is 2.24. The van der Waals surface area contributed by atoms with Gasteiger partial charge in [0.05, 0.1) is 18.7 Å². The van der Waals surface area contributed by atoms with Gasteiger partial charge in [-0.25, -0.2) is 4.98 Å². The van der Waals surface area contributed by atoms with Crippen LogP contribution in [0.4, 0.5) is 0 Å². The average molecular weight is 346 g/mol. The van der Waals surface area contributed by atoms with Crippen LogP contribution in [-0.2, 0) is 17.8 Å². The third kappa shape index (κ3) is 4.55. The van der Waals surface area contributed by atoms with E-state index in [0.29, 0.717) is 13.2 Å². The molecule has 2 N–H and O–H groups in total. The Hall–Kier alpha value is -1.92. The van der Waals surface area contributed by atoms with Gasteiger partial charge in [0.15, 0.2) is 0 Å². The Kier molecular flexibility index (Phi) is 5.16. The number of thiazole rings is 1. The Balaban J connectivity index is 1.44. The smallest absolute Gasteiger partial charge is 0.226 e. The van der Waals surface area contributed by atoms with Crippen molar-refractivity contribution in [3.05, 3.63) is 45.9 Å². The number of amides is 1. The SMILES string of the molecule is Cc1ccc(OCc2nc(CC(=O)NCC3(CO)CC3)cs2)cc1. The number of carbonyl (C=O) groups is 1. The van der Waals surface area contributed by atoms with E-state index in [4.69, 9.17) is 4.74 Å². The summed E-state index contributed by atoms with van der Waals surface area (Å²) >= 11 is 1.50. The van der Waals surface area contributed by atoms with Gasteiger partial charge in [-0.1, -0.05) is 17.7 Å². The lowest BCUT2D eigenvalue weighted by atomic mass is 10.1. The van der Waals surface area contributed by atoms with Gasteiger partial charge in [0.2, 0.25) is 5.91 Å². The average Bonchev–Trinajstić information content (AvgIpc) is 3.25. The van der Waals surface area contributed by atoms with Gasteiger partial charge >= 0.3 is 0 Å². The molecule has 6 heteroatoms. The third-order valence-electron chi connectivity index (χ3n) is 4.28. The Labute approximate surface area is 145 Å². The van der Waals surface area contributed by atoms with Crippen molar-refractivity contribution in [1.82, 2.24) is 10.3 Å². The van der Waals surface area contributed by atoms with E-state index in [9.17, 15) is 9.90 Å². The van der Waals surface area contributed by atoms with Crippen LogP contribution in [0.5, 0.6) is 5.75 Å². The van der Waals surface area contributed by atoms with Crippen molar-refractivity contribution < 1.29 is 14.6 Å². The predicted octanol–water partition coefficient (Wildman–Crippen LogP) is 2.46. The molecule has 1 saturated carbocycles. The van der Waals surface area contributed by atoms with Gasteiger partial charge < -0.3 is 15.2 Å². The van der Waals surface area contributed by atoms with Gasteiger partial charge in [0.1, 0.15) is 17.4 Å². The van der Waals surface area contributed by atoms with Gasteiger partial charge in [-0.2, -0.15) is 0 Å². The van der Waals surface area contributed by atoms with Crippen LogP contribution in [0.3, 0.4) is 0 Å². The lowest BCUT2D eigenvalue weighted by Crippen LogP contribution is -2.32. The highest BCUT2D eigenvalue weighted by Gasteiger charge is 2.42. The van der Waals surface area contributed by atoms with Gasteiger partial charge in [-0.05, 0) is 31.9 Å². The summed E-state index contributed by atoms with van der Waals surface area (Å²) in [5, 5.41) is 14.9. The fraction of sp³-hybridized carbons (Fsp3) is 0.444. The van der Waals surface area contributed by atoms with E-state index >= 15 is 0 Å². The van der Waals surface area contributed by atoms with E-state index in [1.54, 1.807) is 0 Å². The van der Waals surface area contributed by atoms with Gasteiger partial charge in [-0.3, -0.25) is 4.79 Å². The normalized spacial score (nSPS) is 15.1. The van der Waals surface area contributed by atoms with Crippen LogP contribution in [-0.4, -0.2) is 29.1 Å². The molecule has 128 valence electrons. The van der Waals surface area contributed by atoms with Crippen LogP contribution < -0.4 is 10.1 Å². The number of nitrogens with one attached hydrogen (secondary N) is 1. The topological polar surface area (TPSA) is 71.5 Å². The summed E-state index contributed by atoms with van der Waals surface area (Å²) in [7, 11) is 0. The van der Waals surface area contributed by atoms with E-state index in [0.717, 1.165) is 29.3 Å². The summed E-state index contributed by atoms with van der Waals surface area (Å²) < 4.78 is 5.70. The molecule has 1 aromatic carbocycles. The number of aromatic nitrogens is 1. The minimum absolute atomic E-state index is 0.0500. The van der Waals surface area contributed by atoms with Crippen molar-refractivity contribution >= 4 is 17.2 Å². The van der Waals surface area contributed by atoms with Crippen LogP contribution in [0, 0.1) is 12.3 Å². The van der Waals surface area contributed by atoms with Crippen LogP contribution in [0.25, 0.3) is 0 Å². The fourth-order valence-electron chi connectivity index (χ4n) is 2.36. The Morgan fingerprint density at radius 1 is 1.38 bits per heavy atom. The van der Waals surface area contributed by atoms with Gasteiger partial charge in [0, 0.05) is 17.3 Å². The Morgan fingerprint density at radius 3 is 2.79 bits per heavy atom. The number of nitrogens with zero attached hydrogens (tertiary/aromatic N) is 1. The molecule has 0 atom stereocenters. The van der Waals surface area contributed by atoms with Gasteiger partial charge in [-0.15, -0.1) is 11.3 Å². The highest BCUT2D eigenvalue weighted by Crippen LogP contribution is 2.44. The zero-order valence-corrected chi connectivity index (χ0v) is 14.6. The zero-order valence-electron chi connectivity index (χ0n) is 13.7. The fourth-order valence-corrected chi connectivity index (χ4v) is 3.06. The molecule has 3 rings (SSSR count). The maximum atomic E-state index is 12.0. The van der Waals surface area contributed by atoms with Crippen LogP contribution >= 0.6 is 11.3 Å². The predicted molar refractivity (Wildman–Crippen MR) is 93.1 cm³/mol. The van der Waals surface area contributed by atoms with Crippen molar-refractivity contribution in [3.63, 3.8) is 0 Å². The number of hydrogen-bond donors (Lipinski definition) is 2. The highest BCUT2D eigenvalue weighted by atomic mass is 32.1. The maximum absolute atomic E-state index is 12.0. The number of rotatable bonds is 8. The minimum Gasteiger partial charge on any atom is -0.486 e. The van der Waals surface area contributed by atoms with Crippen LogP contribution in [0.2, 0.25) is 0 Å². The quantitative estimate of drug-likeness (QED) is 0.770. The van der Waals surface area contributed by atoms with Gasteiger partial charge in [0.25, 0.3) is 0 Å². The number of benzene rings is 1. The van der Waals surface area contributed by atoms with E-state index in [1.165, 1.54) is 16.9 Å². The molecule has 1 aliphatic rings. The number of hydrogen-bond acceptors (Lipinski definition) is 5. The summed E-state index contributed by atoms with van der Waals surface area (Å²) in [6.45, 7) is 3.14. The lowest BCUT2D eigenvalue weighted by Gasteiger charge is -2.12. The second-order valence-electron chi connectivity index (χ2n) is 6.45. The molecule has 1 aliphatic carbocycles. The lowest BCUT2D eigenvalue weighted by molar-refractivity contribution is -0.120. The minimum atomic E-state index is -0.0647. The van der Waals surface area contributed by atoms with Crippen molar-refractivity contribution in [2.75, 3.05) is 13.2 Å². The van der Waals surface area contributed by atoms with Crippen molar-refractivity contribution in [2.45, 2.75) is 32.8 Å². The summed E-state index contributed by atoms with van der Waals surface area (Å²) in [5.41, 5.74) is 1.89. The van der Waals surface area contributed by atoms with E-state index < -0.39 is 0 Å². The van der Waals surface area contributed by atoms with Crippen molar-refractivity contribution in [2.24, 2.45) is 5.41 Å². The first-order valence-corrected chi connectivity index (χ1v) is 8.97. The molecular formula is C18H22N2O3S. The zero-order chi connectivity index (χ0) is 17.0. The molecule has 0 unspecified atom stereocenters. The highest BCUT2D eigenvalue weighted by molar-refractivity contribution is 7.09. The molecule has 0 aliphatic heterocycles. The largest absolute Gasteiger partial charge is 0.486 e. The number of carbonyl (C=O) groups excluding carboxylic acids is 1. The van der Waals surface area contributed by atoms with E-state index in [1.807, 2.05) is 36.6 Å². The summed E-state index contributed by atoms with van der Waals surface area (Å²) in [4.78, 5) is 16.4. The first-order chi connectivity index (χ1) is 11.6. The number of aryl methyl sites for hydroxylation is 1. The summed E-state index contributed by atoms with van der Waals surface area (Å²) in [6, 6.07) is 7.89. The molecule has 24 heavy (non-hydrogen) atoms. The molecule has 1 amide bonds.